The van der Waals surface area contributed by atoms with Crippen molar-refractivity contribution in [3.8, 4) is 11.5 Å². The van der Waals surface area contributed by atoms with Gasteiger partial charge in [0.25, 0.3) is 0 Å². The zero-order chi connectivity index (χ0) is 14.5. The van der Waals surface area contributed by atoms with E-state index in [1.54, 1.807) is 26.4 Å². The molecule has 0 amide bonds. The van der Waals surface area contributed by atoms with Gasteiger partial charge < -0.3 is 14.8 Å². The number of anilines is 1. The first kappa shape index (κ1) is 14.7. The first-order valence-electron chi connectivity index (χ1n) is 6.04. The summed E-state index contributed by atoms with van der Waals surface area (Å²) >= 11 is 3.25. The van der Waals surface area contributed by atoms with Crippen molar-refractivity contribution in [1.29, 1.82) is 0 Å². The van der Waals surface area contributed by atoms with E-state index in [2.05, 4.69) is 21.2 Å². The van der Waals surface area contributed by atoms with Gasteiger partial charge in [0.2, 0.25) is 0 Å². The quantitative estimate of drug-likeness (QED) is 0.884. The first-order chi connectivity index (χ1) is 9.65. The first-order valence-corrected chi connectivity index (χ1v) is 6.83. The van der Waals surface area contributed by atoms with Gasteiger partial charge in [0.05, 0.1) is 24.4 Å². The lowest BCUT2D eigenvalue weighted by Gasteiger charge is -2.13. The van der Waals surface area contributed by atoms with Gasteiger partial charge in [0, 0.05) is 12.6 Å². The van der Waals surface area contributed by atoms with Crippen LogP contribution in [0.1, 0.15) is 5.56 Å². The number of halogens is 2. The Morgan fingerprint density at radius 3 is 2.65 bits per heavy atom. The average Bonchev–Trinajstić information content (AvgIpc) is 2.48. The smallest absolute Gasteiger partial charge is 0.145 e. The van der Waals surface area contributed by atoms with Crippen molar-refractivity contribution in [3.05, 3.63) is 52.3 Å². The molecular weight excluding hydrogens is 325 g/mol. The molecular formula is C15H15BrFNO2. The summed E-state index contributed by atoms with van der Waals surface area (Å²) in [6, 6.07) is 10.5. The van der Waals surface area contributed by atoms with E-state index in [4.69, 9.17) is 9.47 Å². The molecule has 0 radical (unpaired) electrons. The molecule has 0 aromatic heterocycles. The highest BCUT2D eigenvalue weighted by Gasteiger charge is 2.08. The molecule has 3 nitrogen and oxygen atoms in total. The van der Waals surface area contributed by atoms with E-state index in [0.29, 0.717) is 16.8 Å². The number of methoxy groups -OCH3 is 2. The summed E-state index contributed by atoms with van der Waals surface area (Å²) in [5.41, 5.74) is 1.66. The van der Waals surface area contributed by atoms with E-state index < -0.39 is 0 Å². The second-order valence-corrected chi connectivity index (χ2v) is 4.93. The zero-order valence-electron chi connectivity index (χ0n) is 11.2. The Hall–Kier alpha value is -1.75. The van der Waals surface area contributed by atoms with E-state index in [9.17, 15) is 4.39 Å². The summed E-state index contributed by atoms with van der Waals surface area (Å²) in [7, 11) is 3.20. The minimum atomic E-state index is -0.272. The molecule has 0 heterocycles. The highest BCUT2D eigenvalue weighted by atomic mass is 79.9. The van der Waals surface area contributed by atoms with Gasteiger partial charge >= 0.3 is 0 Å². The minimum absolute atomic E-state index is 0.272. The summed E-state index contributed by atoms with van der Waals surface area (Å²) in [6.07, 6.45) is 0. The van der Waals surface area contributed by atoms with Crippen LogP contribution < -0.4 is 14.8 Å². The number of hydrogen-bond acceptors (Lipinski definition) is 3. The molecule has 0 aliphatic rings. The molecule has 2 aromatic carbocycles. The minimum Gasteiger partial charge on any atom is -0.497 e. The maximum absolute atomic E-state index is 13.4. The molecule has 2 rings (SSSR count). The van der Waals surface area contributed by atoms with Crippen LogP contribution in [-0.2, 0) is 6.54 Å². The number of hydrogen-bond donors (Lipinski definition) is 1. The second-order valence-electron chi connectivity index (χ2n) is 4.13. The van der Waals surface area contributed by atoms with E-state index in [-0.39, 0.29) is 5.82 Å². The number of ether oxygens (including phenoxy) is 2. The maximum atomic E-state index is 13.4. The number of rotatable bonds is 5. The summed E-state index contributed by atoms with van der Waals surface area (Å²) in [5.74, 6) is 1.13. The Labute approximate surface area is 125 Å². The highest BCUT2D eigenvalue weighted by Crippen LogP contribution is 2.30. The van der Waals surface area contributed by atoms with E-state index in [1.807, 2.05) is 18.2 Å². The predicted molar refractivity (Wildman–Crippen MR) is 81.0 cm³/mol. The normalized spacial score (nSPS) is 10.2. The fraction of sp³-hybridized carbons (Fsp3) is 0.200. The monoisotopic (exact) mass is 339 g/mol. The molecule has 1 N–H and O–H groups in total. The van der Waals surface area contributed by atoms with Gasteiger partial charge in [-0.05, 0) is 39.7 Å². The third kappa shape index (κ3) is 3.22. The molecule has 20 heavy (non-hydrogen) atoms. The van der Waals surface area contributed by atoms with Crippen LogP contribution in [0.3, 0.4) is 0 Å². The fourth-order valence-corrected chi connectivity index (χ4v) is 2.22. The van der Waals surface area contributed by atoms with E-state index >= 15 is 0 Å². The third-order valence-electron chi connectivity index (χ3n) is 2.91. The van der Waals surface area contributed by atoms with Gasteiger partial charge in [0.1, 0.15) is 17.3 Å². The van der Waals surface area contributed by atoms with Gasteiger partial charge in [-0.25, -0.2) is 4.39 Å². The summed E-state index contributed by atoms with van der Waals surface area (Å²) < 4.78 is 24.4. The molecule has 0 aliphatic heterocycles. The number of benzene rings is 2. The zero-order valence-corrected chi connectivity index (χ0v) is 12.8. The standard InChI is InChI=1S/C15H15BrFNO2/c1-19-11-6-7-13(14(8-11)20-2)18-9-10-4-3-5-12(17)15(10)16/h3-8,18H,9H2,1-2H3. The van der Waals surface area contributed by atoms with Crippen LogP contribution >= 0.6 is 15.9 Å². The molecule has 0 bridgehead atoms. The Kier molecular flexibility index (Phi) is 4.84. The maximum Gasteiger partial charge on any atom is 0.145 e. The summed E-state index contributed by atoms with van der Waals surface area (Å²) in [6.45, 7) is 0.487. The molecule has 0 saturated carbocycles. The molecule has 106 valence electrons. The Morgan fingerprint density at radius 1 is 1.15 bits per heavy atom. The number of nitrogens with one attached hydrogen (secondary N) is 1. The highest BCUT2D eigenvalue weighted by molar-refractivity contribution is 9.10. The largest absolute Gasteiger partial charge is 0.497 e. The van der Waals surface area contributed by atoms with E-state index in [0.717, 1.165) is 17.0 Å². The lowest BCUT2D eigenvalue weighted by Crippen LogP contribution is -2.03. The molecule has 0 fully saturated rings. The lowest BCUT2D eigenvalue weighted by atomic mass is 10.2. The van der Waals surface area contributed by atoms with Crippen molar-refractivity contribution in [2.45, 2.75) is 6.54 Å². The molecule has 2 aromatic rings. The lowest BCUT2D eigenvalue weighted by molar-refractivity contribution is 0.395. The van der Waals surface area contributed by atoms with Gasteiger partial charge in [-0.1, -0.05) is 12.1 Å². The van der Waals surface area contributed by atoms with Crippen LogP contribution in [0.15, 0.2) is 40.9 Å². The van der Waals surface area contributed by atoms with Gasteiger partial charge in [-0.3, -0.25) is 0 Å². The molecule has 0 saturated heterocycles. The van der Waals surface area contributed by atoms with E-state index in [1.165, 1.54) is 6.07 Å². The van der Waals surface area contributed by atoms with Crippen molar-refractivity contribution < 1.29 is 13.9 Å². The topological polar surface area (TPSA) is 30.5 Å². The fourth-order valence-electron chi connectivity index (χ4n) is 1.82. The molecule has 0 spiro atoms. The van der Waals surface area contributed by atoms with Crippen molar-refractivity contribution in [2.75, 3.05) is 19.5 Å². The van der Waals surface area contributed by atoms with Crippen molar-refractivity contribution in [2.24, 2.45) is 0 Å². The van der Waals surface area contributed by atoms with Crippen molar-refractivity contribution in [1.82, 2.24) is 0 Å². The van der Waals surface area contributed by atoms with Gasteiger partial charge in [0.15, 0.2) is 0 Å². The molecule has 0 aliphatic carbocycles. The van der Waals surface area contributed by atoms with Gasteiger partial charge in [-0.15, -0.1) is 0 Å². The molecule has 5 heteroatoms. The molecule has 0 atom stereocenters. The van der Waals surface area contributed by atoms with Crippen LogP contribution in [0.4, 0.5) is 10.1 Å². The average molecular weight is 340 g/mol. The Morgan fingerprint density at radius 2 is 1.95 bits per heavy atom. The Bertz CT molecular complexity index is 604. The van der Waals surface area contributed by atoms with Crippen LogP contribution in [0, 0.1) is 5.82 Å². The van der Waals surface area contributed by atoms with Crippen molar-refractivity contribution in [3.63, 3.8) is 0 Å². The summed E-state index contributed by atoms with van der Waals surface area (Å²) in [4.78, 5) is 0. The van der Waals surface area contributed by atoms with Crippen LogP contribution in [0.2, 0.25) is 0 Å². The Balaban J connectivity index is 2.16. The van der Waals surface area contributed by atoms with Crippen LogP contribution in [-0.4, -0.2) is 14.2 Å². The third-order valence-corrected chi connectivity index (χ3v) is 3.80. The predicted octanol–water partition coefficient (Wildman–Crippen LogP) is 4.22. The second kappa shape index (κ2) is 6.61. The van der Waals surface area contributed by atoms with Crippen molar-refractivity contribution >= 4 is 21.6 Å². The van der Waals surface area contributed by atoms with Gasteiger partial charge in [-0.2, -0.15) is 0 Å². The summed E-state index contributed by atoms with van der Waals surface area (Å²) in [5, 5.41) is 3.22. The SMILES string of the molecule is COc1ccc(NCc2cccc(F)c2Br)c(OC)c1. The van der Waals surface area contributed by atoms with Crippen LogP contribution in [0.25, 0.3) is 0 Å². The van der Waals surface area contributed by atoms with Crippen LogP contribution in [0.5, 0.6) is 11.5 Å². The molecule has 0 unspecified atom stereocenters.